The summed E-state index contributed by atoms with van der Waals surface area (Å²) in [7, 11) is 0. The molecule has 0 fully saturated rings. The number of fused-ring (bicyclic) bond motifs is 1. The van der Waals surface area contributed by atoms with Gasteiger partial charge in [-0.3, -0.25) is 4.79 Å². The first-order valence-corrected chi connectivity index (χ1v) is 6.33. The van der Waals surface area contributed by atoms with E-state index in [9.17, 15) is 4.79 Å². The van der Waals surface area contributed by atoms with Gasteiger partial charge in [0.25, 0.3) is 5.91 Å². The molecular formula is C15H11N5O. The zero-order valence-electron chi connectivity index (χ0n) is 11.0. The normalized spacial score (nSPS) is 10.2. The van der Waals surface area contributed by atoms with E-state index in [1.165, 1.54) is 6.33 Å². The predicted octanol–water partition coefficient (Wildman–Crippen LogP) is 1.88. The average molecular weight is 277 g/mol. The van der Waals surface area contributed by atoms with Gasteiger partial charge in [0.15, 0.2) is 0 Å². The molecule has 2 heterocycles. The van der Waals surface area contributed by atoms with E-state index in [1.54, 1.807) is 12.1 Å². The molecule has 0 radical (unpaired) electrons. The molecule has 0 unspecified atom stereocenters. The number of nitrogens with one attached hydrogen (secondary N) is 2. The van der Waals surface area contributed by atoms with Crippen LogP contribution in [0.3, 0.4) is 0 Å². The molecule has 21 heavy (non-hydrogen) atoms. The molecule has 0 atom stereocenters. The van der Waals surface area contributed by atoms with Gasteiger partial charge in [0, 0.05) is 22.7 Å². The predicted molar refractivity (Wildman–Crippen MR) is 77.3 cm³/mol. The second-order valence-corrected chi connectivity index (χ2v) is 4.38. The molecule has 2 aromatic heterocycles. The fraction of sp³-hybridized carbons (Fsp3) is 0.0667. The van der Waals surface area contributed by atoms with Crippen LogP contribution in [0.4, 0.5) is 0 Å². The molecule has 0 saturated heterocycles. The van der Waals surface area contributed by atoms with Gasteiger partial charge in [-0.05, 0) is 18.2 Å². The highest BCUT2D eigenvalue weighted by atomic mass is 16.1. The third kappa shape index (κ3) is 2.44. The maximum absolute atomic E-state index is 11.7. The number of amides is 1. The molecule has 102 valence electrons. The van der Waals surface area contributed by atoms with Crippen LogP contribution < -0.4 is 5.32 Å². The third-order valence-electron chi connectivity index (χ3n) is 3.10. The summed E-state index contributed by atoms with van der Waals surface area (Å²) in [5.41, 5.74) is 2.99. The van der Waals surface area contributed by atoms with Gasteiger partial charge in [-0.1, -0.05) is 12.1 Å². The molecule has 0 bridgehead atoms. The monoisotopic (exact) mass is 277 g/mol. The maximum atomic E-state index is 11.7. The molecule has 0 aliphatic heterocycles. The number of aromatic amines is 1. The summed E-state index contributed by atoms with van der Waals surface area (Å²) in [6, 6.07) is 10.9. The van der Waals surface area contributed by atoms with Crippen molar-refractivity contribution in [1.82, 2.24) is 20.3 Å². The highest BCUT2D eigenvalue weighted by molar-refractivity contribution is 5.96. The van der Waals surface area contributed by atoms with Gasteiger partial charge < -0.3 is 10.3 Å². The first kappa shape index (κ1) is 12.8. The Balaban J connectivity index is 1.93. The minimum Gasteiger partial charge on any atom is -0.346 e. The van der Waals surface area contributed by atoms with Gasteiger partial charge in [0.1, 0.15) is 18.5 Å². The maximum Gasteiger partial charge on any atom is 0.252 e. The lowest BCUT2D eigenvalue weighted by atomic mass is 10.1. The minimum atomic E-state index is -0.266. The van der Waals surface area contributed by atoms with E-state index in [4.69, 9.17) is 5.26 Å². The van der Waals surface area contributed by atoms with Gasteiger partial charge >= 0.3 is 0 Å². The van der Waals surface area contributed by atoms with Crippen LogP contribution in [0.15, 0.2) is 42.9 Å². The van der Waals surface area contributed by atoms with Crippen LogP contribution in [0.1, 0.15) is 10.4 Å². The Kier molecular flexibility index (Phi) is 3.31. The molecule has 6 heteroatoms. The molecule has 0 spiro atoms. The number of nitrogens with zero attached hydrogens (tertiary/aromatic N) is 3. The number of carbonyl (C=O) groups is 1. The number of hydrogen-bond donors (Lipinski definition) is 2. The second kappa shape index (κ2) is 5.43. The van der Waals surface area contributed by atoms with Crippen LogP contribution in [0.2, 0.25) is 0 Å². The smallest absolute Gasteiger partial charge is 0.252 e. The van der Waals surface area contributed by atoms with Crippen LogP contribution in [-0.4, -0.2) is 27.4 Å². The number of benzene rings is 1. The molecule has 2 N–H and O–H groups in total. The van der Waals surface area contributed by atoms with E-state index in [2.05, 4.69) is 20.3 Å². The summed E-state index contributed by atoms with van der Waals surface area (Å²) in [4.78, 5) is 23.2. The Morgan fingerprint density at radius 1 is 1.24 bits per heavy atom. The first-order valence-electron chi connectivity index (χ1n) is 6.33. The van der Waals surface area contributed by atoms with Gasteiger partial charge in [-0.25, -0.2) is 9.97 Å². The molecular weight excluding hydrogens is 266 g/mol. The van der Waals surface area contributed by atoms with E-state index in [0.717, 1.165) is 22.3 Å². The summed E-state index contributed by atoms with van der Waals surface area (Å²) >= 11 is 0. The third-order valence-corrected chi connectivity index (χ3v) is 3.10. The molecule has 1 aromatic carbocycles. The highest BCUT2D eigenvalue weighted by Crippen LogP contribution is 2.24. The van der Waals surface area contributed by atoms with E-state index < -0.39 is 0 Å². The Hall–Kier alpha value is -3.20. The van der Waals surface area contributed by atoms with E-state index in [1.807, 2.05) is 30.5 Å². The van der Waals surface area contributed by atoms with Crippen molar-refractivity contribution in [3.63, 3.8) is 0 Å². The number of rotatable bonds is 3. The largest absolute Gasteiger partial charge is 0.346 e. The summed E-state index contributed by atoms with van der Waals surface area (Å²) in [6.07, 6.45) is 3.31. The lowest BCUT2D eigenvalue weighted by Gasteiger charge is -2.04. The Morgan fingerprint density at radius 3 is 2.81 bits per heavy atom. The molecule has 3 aromatic rings. The van der Waals surface area contributed by atoms with Gasteiger partial charge in [0.2, 0.25) is 0 Å². The fourth-order valence-electron chi connectivity index (χ4n) is 2.10. The van der Waals surface area contributed by atoms with Crippen molar-refractivity contribution >= 4 is 16.9 Å². The number of carbonyl (C=O) groups excluding carboxylic acids is 1. The standard InChI is InChI=1S/C15H11N5O/c16-6-8-18-15(21)11-3-1-10(2-4-11)13-12-5-7-17-14(12)20-9-19-13/h1-5,7,9H,8H2,(H,18,21)(H,17,19,20). The minimum absolute atomic E-state index is 0.00350. The Bertz CT molecular complexity index is 829. The average Bonchev–Trinajstić information content (AvgIpc) is 3.01. The van der Waals surface area contributed by atoms with Crippen LogP contribution in [-0.2, 0) is 0 Å². The van der Waals surface area contributed by atoms with E-state index >= 15 is 0 Å². The quantitative estimate of drug-likeness (QED) is 0.714. The van der Waals surface area contributed by atoms with Gasteiger partial charge in [-0.2, -0.15) is 5.26 Å². The summed E-state index contributed by atoms with van der Waals surface area (Å²) < 4.78 is 0. The Morgan fingerprint density at radius 2 is 2.05 bits per heavy atom. The van der Waals surface area contributed by atoms with Crippen molar-refractivity contribution in [1.29, 1.82) is 5.26 Å². The summed E-state index contributed by atoms with van der Waals surface area (Å²) in [5, 5.41) is 11.9. The van der Waals surface area contributed by atoms with E-state index in [0.29, 0.717) is 5.56 Å². The van der Waals surface area contributed by atoms with Crippen molar-refractivity contribution in [2.75, 3.05) is 6.54 Å². The van der Waals surface area contributed by atoms with Crippen molar-refractivity contribution < 1.29 is 4.79 Å². The van der Waals surface area contributed by atoms with Crippen molar-refractivity contribution in [3.8, 4) is 17.3 Å². The van der Waals surface area contributed by atoms with Crippen LogP contribution >= 0.6 is 0 Å². The summed E-state index contributed by atoms with van der Waals surface area (Å²) in [6.45, 7) is -0.00350. The van der Waals surface area contributed by atoms with Gasteiger partial charge in [-0.15, -0.1) is 0 Å². The van der Waals surface area contributed by atoms with Gasteiger partial charge in [0.05, 0.1) is 11.8 Å². The highest BCUT2D eigenvalue weighted by Gasteiger charge is 2.09. The SMILES string of the molecule is N#CCNC(=O)c1ccc(-c2ncnc3[nH]ccc23)cc1. The molecule has 1 amide bonds. The number of hydrogen-bond acceptors (Lipinski definition) is 4. The summed E-state index contributed by atoms with van der Waals surface area (Å²) in [5.74, 6) is -0.266. The lowest BCUT2D eigenvalue weighted by Crippen LogP contribution is -2.23. The number of aromatic nitrogens is 3. The second-order valence-electron chi connectivity index (χ2n) is 4.38. The zero-order chi connectivity index (χ0) is 14.7. The molecule has 0 aliphatic carbocycles. The molecule has 0 aliphatic rings. The zero-order valence-corrected chi connectivity index (χ0v) is 11.0. The number of nitriles is 1. The first-order chi connectivity index (χ1) is 10.3. The Labute approximate surface area is 120 Å². The van der Waals surface area contributed by atoms with Crippen molar-refractivity contribution in [2.24, 2.45) is 0 Å². The fourth-order valence-corrected chi connectivity index (χ4v) is 2.10. The topological polar surface area (TPSA) is 94.5 Å². The van der Waals surface area contributed by atoms with Crippen molar-refractivity contribution in [3.05, 3.63) is 48.4 Å². The molecule has 3 rings (SSSR count). The number of H-pyrrole nitrogens is 1. The van der Waals surface area contributed by atoms with Crippen molar-refractivity contribution in [2.45, 2.75) is 0 Å². The van der Waals surface area contributed by atoms with Crippen LogP contribution in [0, 0.1) is 11.3 Å². The van der Waals surface area contributed by atoms with Crippen LogP contribution in [0.25, 0.3) is 22.3 Å². The van der Waals surface area contributed by atoms with E-state index in [-0.39, 0.29) is 12.5 Å². The lowest BCUT2D eigenvalue weighted by molar-refractivity contribution is 0.0958. The molecule has 0 saturated carbocycles. The van der Waals surface area contributed by atoms with Crippen LogP contribution in [0.5, 0.6) is 0 Å². The molecule has 6 nitrogen and oxygen atoms in total.